The van der Waals surface area contributed by atoms with E-state index in [0.29, 0.717) is 6.42 Å². The molecule has 0 aliphatic rings. The first-order valence-corrected chi connectivity index (χ1v) is 11.9. The third-order valence-corrected chi connectivity index (χ3v) is 5.34. The third kappa shape index (κ3) is 8.63. The molecule has 1 aromatic carbocycles. The molecular formula is C17H26N4O8Si. The third-order valence-electron chi connectivity index (χ3n) is 4.04. The van der Waals surface area contributed by atoms with Crippen LogP contribution in [0.4, 0.5) is 11.4 Å². The van der Waals surface area contributed by atoms with Gasteiger partial charge < -0.3 is 20.2 Å². The van der Waals surface area contributed by atoms with Crippen LogP contribution >= 0.6 is 0 Å². The molecule has 1 rings (SSSR count). The van der Waals surface area contributed by atoms with Crippen LogP contribution in [0.3, 0.4) is 0 Å². The molecule has 12 nitrogen and oxygen atoms in total. The first-order valence-electron chi connectivity index (χ1n) is 9.27. The highest BCUT2D eigenvalue weighted by molar-refractivity contribution is 6.63. The van der Waals surface area contributed by atoms with Crippen molar-refractivity contribution in [1.82, 2.24) is 10.6 Å². The first-order chi connectivity index (χ1) is 13.8. The molecule has 0 aliphatic heterocycles. The number of rotatable bonds is 11. The fourth-order valence-electron chi connectivity index (χ4n) is 2.64. The monoisotopic (exact) mass is 442 g/mol. The van der Waals surface area contributed by atoms with Gasteiger partial charge in [-0.05, 0) is 31.4 Å². The average Bonchev–Trinajstić information content (AvgIpc) is 2.62. The number of benzene rings is 1. The van der Waals surface area contributed by atoms with Gasteiger partial charge in [0, 0.05) is 18.7 Å². The summed E-state index contributed by atoms with van der Waals surface area (Å²) in [4.78, 5) is 64.1. The Morgan fingerprint density at radius 1 is 1.10 bits per heavy atom. The van der Waals surface area contributed by atoms with Gasteiger partial charge in [0.15, 0.2) is 0 Å². The summed E-state index contributed by atoms with van der Waals surface area (Å²) in [7, 11) is -3.21. The zero-order chi connectivity index (χ0) is 23.1. The van der Waals surface area contributed by atoms with E-state index in [4.69, 9.17) is 0 Å². The SMILES string of the molecule is CC(C)C[C@H](NC(=O)c1cc([N+](=O)[O-])cc([N+](=O)[O-])c1)C(=O)NCCC[Si](C)(O)O. The van der Waals surface area contributed by atoms with Gasteiger partial charge in [0.25, 0.3) is 17.3 Å². The van der Waals surface area contributed by atoms with Gasteiger partial charge in [0.2, 0.25) is 5.91 Å². The minimum atomic E-state index is -3.21. The molecule has 0 radical (unpaired) electrons. The summed E-state index contributed by atoms with van der Waals surface area (Å²) in [5, 5.41) is 27.1. The topological polar surface area (TPSA) is 185 Å². The fourth-order valence-corrected chi connectivity index (χ4v) is 3.49. The van der Waals surface area contributed by atoms with Crippen LogP contribution in [0, 0.1) is 26.1 Å². The van der Waals surface area contributed by atoms with Crippen LogP contribution in [-0.2, 0) is 4.79 Å². The van der Waals surface area contributed by atoms with Gasteiger partial charge >= 0.3 is 8.56 Å². The van der Waals surface area contributed by atoms with Crippen LogP contribution < -0.4 is 10.6 Å². The van der Waals surface area contributed by atoms with Gasteiger partial charge in [0.05, 0.1) is 21.5 Å². The normalized spacial score (nSPS) is 12.3. The van der Waals surface area contributed by atoms with Gasteiger partial charge in [-0.25, -0.2) is 0 Å². The molecule has 0 heterocycles. The number of nitrogens with zero attached hydrogens (tertiary/aromatic N) is 2. The van der Waals surface area contributed by atoms with Crippen LogP contribution in [0.15, 0.2) is 18.2 Å². The van der Waals surface area contributed by atoms with Crippen molar-refractivity contribution in [3.8, 4) is 0 Å². The molecule has 0 bridgehead atoms. The summed E-state index contributed by atoms with van der Waals surface area (Å²) in [5.74, 6) is -1.34. The molecule has 0 spiro atoms. The van der Waals surface area contributed by atoms with E-state index in [2.05, 4.69) is 10.6 Å². The predicted molar refractivity (Wildman–Crippen MR) is 109 cm³/mol. The molecule has 30 heavy (non-hydrogen) atoms. The van der Waals surface area contributed by atoms with Crippen LogP contribution in [0.1, 0.15) is 37.0 Å². The Morgan fingerprint density at radius 3 is 2.07 bits per heavy atom. The summed E-state index contributed by atoms with van der Waals surface area (Å²) in [6.07, 6.45) is 0.613. The number of carbonyl (C=O) groups excluding carboxylic acids is 2. The Morgan fingerprint density at radius 2 is 1.63 bits per heavy atom. The minimum absolute atomic E-state index is 0.0195. The zero-order valence-corrected chi connectivity index (χ0v) is 18.0. The van der Waals surface area contributed by atoms with Crippen LogP contribution in [0.2, 0.25) is 12.6 Å². The molecule has 0 aliphatic carbocycles. The van der Waals surface area contributed by atoms with Crippen molar-refractivity contribution in [1.29, 1.82) is 0 Å². The van der Waals surface area contributed by atoms with Crippen molar-refractivity contribution < 1.29 is 29.0 Å². The lowest BCUT2D eigenvalue weighted by atomic mass is 10.0. The van der Waals surface area contributed by atoms with Gasteiger partial charge in [-0.15, -0.1) is 0 Å². The summed E-state index contributed by atoms with van der Waals surface area (Å²) in [6, 6.07) is 1.75. The molecule has 0 aromatic heterocycles. The number of nitrogens with one attached hydrogen (secondary N) is 2. The van der Waals surface area contributed by atoms with Crippen LogP contribution in [-0.4, -0.2) is 52.4 Å². The molecule has 1 atom stereocenters. The highest BCUT2D eigenvalue weighted by atomic mass is 28.4. The quantitative estimate of drug-likeness (QED) is 0.170. The van der Waals surface area contributed by atoms with Crippen molar-refractivity contribution in [2.45, 2.75) is 45.3 Å². The number of nitro groups is 2. The molecule has 0 fully saturated rings. The summed E-state index contributed by atoms with van der Waals surface area (Å²) in [6.45, 7) is 5.20. The molecule has 0 saturated heterocycles. The maximum absolute atomic E-state index is 12.6. The van der Waals surface area contributed by atoms with Crippen molar-refractivity contribution in [3.63, 3.8) is 0 Å². The maximum Gasteiger partial charge on any atom is 0.329 e. The number of amides is 2. The smallest absolute Gasteiger partial charge is 0.329 e. The lowest BCUT2D eigenvalue weighted by Crippen LogP contribution is -2.47. The molecule has 4 N–H and O–H groups in total. The Bertz CT molecular complexity index is 777. The second-order valence-corrected chi connectivity index (χ2v) is 10.5. The number of non-ortho nitro benzene ring substituents is 2. The molecule has 1 aromatic rings. The van der Waals surface area contributed by atoms with Crippen LogP contribution in [0.25, 0.3) is 0 Å². The van der Waals surface area contributed by atoms with E-state index >= 15 is 0 Å². The molecule has 166 valence electrons. The largest absolute Gasteiger partial charge is 0.411 e. The van der Waals surface area contributed by atoms with E-state index < -0.39 is 47.6 Å². The van der Waals surface area contributed by atoms with E-state index in [-0.39, 0.29) is 30.5 Å². The van der Waals surface area contributed by atoms with Crippen molar-refractivity contribution in [3.05, 3.63) is 44.0 Å². The molecule has 0 saturated carbocycles. The Labute approximate surface area is 173 Å². The Kier molecular flexibility index (Phi) is 9.01. The lowest BCUT2D eigenvalue weighted by molar-refractivity contribution is -0.394. The average molecular weight is 443 g/mol. The number of hydrogen-bond donors (Lipinski definition) is 4. The van der Waals surface area contributed by atoms with Crippen molar-refractivity contribution in [2.75, 3.05) is 6.54 Å². The molecular weight excluding hydrogens is 416 g/mol. The van der Waals surface area contributed by atoms with Gasteiger partial charge in [-0.1, -0.05) is 13.8 Å². The number of hydrogen-bond acceptors (Lipinski definition) is 8. The maximum atomic E-state index is 12.6. The van der Waals surface area contributed by atoms with Crippen LogP contribution in [0.5, 0.6) is 0 Å². The van der Waals surface area contributed by atoms with E-state index in [0.717, 1.165) is 18.2 Å². The minimum Gasteiger partial charge on any atom is -0.411 e. The number of nitro benzene ring substituents is 2. The van der Waals surface area contributed by atoms with Gasteiger partial charge in [-0.3, -0.25) is 29.8 Å². The second-order valence-electron chi connectivity index (χ2n) is 7.52. The van der Waals surface area contributed by atoms with Gasteiger partial charge in [-0.2, -0.15) is 0 Å². The van der Waals surface area contributed by atoms with E-state index in [1.54, 1.807) is 0 Å². The molecule has 2 amide bonds. The van der Waals surface area contributed by atoms with Crippen molar-refractivity contribution in [2.24, 2.45) is 5.92 Å². The first kappa shape index (κ1) is 25.1. The van der Waals surface area contributed by atoms with E-state index in [1.807, 2.05) is 13.8 Å². The predicted octanol–water partition coefficient (Wildman–Crippen LogP) is 1.21. The van der Waals surface area contributed by atoms with E-state index in [1.165, 1.54) is 6.55 Å². The lowest BCUT2D eigenvalue weighted by Gasteiger charge is -2.20. The molecule has 0 unspecified atom stereocenters. The zero-order valence-electron chi connectivity index (χ0n) is 17.0. The summed E-state index contributed by atoms with van der Waals surface area (Å²) < 4.78 is 0. The highest BCUT2D eigenvalue weighted by Crippen LogP contribution is 2.23. The second kappa shape index (κ2) is 10.8. The number of carbonyl (C=O) groups is 2. The summed E-state index contributed by atoms with van der Waals surface area (Å²) >= 11 is 0. The van der Waals surface area contributed by atoms with Gasteiger partial charge in [0.1, 0.15) is 6.04 Å². The van der Waals surface area contributed by atoms with Crippen molar-refractivity contribution >= 4 is 31.8 Å². The Hall–Kier alpha value is -2.90. The Balaban J connectivity index is 2.94. The van der Waals surface area contributed by atoms with E-state index in [9.17, 15) is 39.4 Å². The fraction of sp³-hybridized carbons (Fsp3) is 0.529. The highest BCUT2D eigenvalue weighted by Gasteiger charge is 2.26. The summed E-state index contributed by atoms with van der Waals surface area (Å²) in [5.41, 5.74) is -1.53. The standard InChI is InChI=1S/C17H26N4O8Si/c1-11(2)7-15(17(23)18-5-4-6-30(3,28)29)19-16(22)12-8-13(20(24)25)10-14(9-12)21(26)27/h8-11,15,28-29H,4-7H2,1-3H3,(H,18,23)(H,19,22)/t15-/m0/s1. The molecule has 13 heteroatoms.